The maximum atomic E-state index is 12.8. The molecule has 1 unspecified atom stereocenters. The fourth-order valence-corrected chi connectivity index (χ4v) is 4.34. The van der Waals surface area contributed by atoms with E-state index < -0.39 is 23.8 Å². The van der Waals surface area contributed by atoms with Crippen molar-refractivity contribution in [3.8, 4) is 11.1 Å². The van der Waals surface area contributed by atoms with E-state index in [1.165, 1.54) is 11.1 Å². The summed E-state index contributed by atoms with van der Waals surface area (Å²) >= 11 is 0. The Morgan fingerprint density at radius 2 is 1.59 bits per heavy atom. The Morgan fingerprint density at radius 3 is 2.19 bits per heavy atom. The molecule has 1 atom stereocenters. The van der Waals surface area contributed by atoms with Crippen LogP contribution in [0.1, 0.15) is 57.1 Å². The number of benzene rings is 2. The number of carbonyl (C=O) groups excluding carboxylic acids is 2. The molecule has 3 rings (SSSR count). The fourth-order valence-electron chi connectivity index (χ4n) is 4.34. The van der Waals surface area contributed by atoms with Gasteiger partial charge in [0, 0.05) is 12.5 Å². The molecule has 0 bridgehead atoms. The number of amides is 2. The molecule has 0 spiro atoms. The molecule has 2 aromatic carbocycles. The van der Waals surface area contributed by atoms with Gasteiger partial charge in [-0.2, -0.15) is 0 Å². The highest BCUT2D eigenvalue weighted by Crippen LogP contribution is 2.44. The first-order valence-corrected chi connectivity index (χ1v) is 12.7. The summed E-state index contributed by atoms with van der Waals surface area (Å²) in [7, 11) is 0. The molecule has 1 aliphatic rings. The molecule has 7 heteroatoms. The Labute approximate surface area is 219 Å². The Bertz CT molecular complexity index is 1060. The minimum absolute atomic E-state index is 0.0178. The SMILES string of the molecule is C=CCOC(=C)C(CCCCNC(=O)OC(C)(C)C)NC(=O)OCC1c2ccccc2-c2ccccc21. The topological polar surface area (TPSA) is 85.9 Å². The van der Waals surface area contributed by atoms with Crippen LogP contribution < -0.4 is 10.6 Å². The van der Waals surface area contributed by atoms with Crippen LogP contribution in [0.3, 0.4) is 0 Å². The molecule has 0 fully saturated rings. The van der Waals surface area contributed by atoms with Gasteiger partial charge in [-0.15, -0.1) is 0 Å². The van der Waals surface area contributed by atoms with Crippen LogP contribution in [0.2, 0.25) is 0 Å². The van der Waals surface area contributed by atoms with Crippen molar-refractivity contribution in [1.82, 2.24) is 10.6 Å². The van der Waals surface area contributed by atoms with E-state index in [0.29, 0.717) is 31.8 Å². The first-order chi connectivity index (χ1) is 17.7. The van der Waals surface area contributed by atoms with Crippen molar-refractivity contribution in [2.75, 3.05) is 19.8 Å². The van der Waals surface area contributed by atoms with E-state index in [4.69, 9.17) is 14.2 Å². The van der Waals surface area contributed by atoms with E-state index in [1.54, 1.807) is 6.08 Å². The zero-order valence-electron chi connectivity index (χ0n) is 22.0. The molecule has 2 amide bonds. The number of alkyl carbamates (subject to hydrolysis) is 2. The molecule has 0 saturated carbocycles. The van der Waals surface area contributed by atoms with Crippen LogP contribution in [-0.2, 0) is 14.2 Å². The lowest BCUT2D eigenvalue weighted by Gasteiger charge is -2.22. The number of carbonyl (C=O) groups is 2. The minimum atomic E-state index is -0.539. The van der Waals surface area contributed by atoms with Crippen molar-refractivity contribution in [2.24, 2.45) is 0 Å². The van der Waals surface area contributed by atoms with Crippen LogP contribution in [0.25, 0.3) is 11.1 Å². The van der Waals surface area contributed by atoms with E-state index in [9.17, 15) is 9.59 Å². The van der Waals surface area contributed by atoms with Crippen molar-refractivity contribution >= 4 is 12.2 Å². The fraction of sp³-hybridized carbons (Fsp3) is 0.400. The third kappa shape index (κ3) is 8.13. The monoisotopic (exact) mass is 506 g/mol. The van der Waals surface area contributed by atoms with Gasteiger partial charge in [0.1, 0.15) is 24.6 Å². The number of nitrogens with one attached hydrogen (secondary N) is 2. The van der Waals surface area contributed by atoms with Gasteiger partial charge in [-0.25, -0.2) is 9.59 Å². The lowest BCUT2D eigenvalue weighted by Crippen LogP contribution is -2.38. The molecule has 0 saturated heterocycles. The summed E-state index contributed by atoms with van der Waals surface area (Å²) in [6.07, 6.45) is 2.66. The molecule has 0 heterocycles. The van der Waals surface area contributed by atoms with Crippen LogP contribution in [0.5, 0.6) is 0 Å². The second kappa shape index (κ2) is 13.0. The van der Waals surface area contributed by atoms with E-state index in [1.807, 2.05) is 45.0 Å². The standard InChI is InChI=1S/C30H38N2O5/c1-6-19-35-21(2)27(17-11-12-18-31-28(33)37-30(3,4)5)32-29(34)36-20-26-24-15-9-7-13-22(24)23-14-8-10-16-25(23)26/h6-10,13-16,26-27H,1-2,11-12,17-20H2,3-5H3,(H,31,33)(H,32,34). The molecule has 37 heavy (non-hydrogen) atoms. The number of hydrogen-bond acceptors (Lipinski definition) is 5. The molecule has 0 aliphatic heterocycles. The molecule has 2 N–H and O–H groups in total. The highest BCUT2D eigenvalue weighted by atomic mass is 16.6. The average Bonchev–Trinajstić information content (AvgIpc) is 3.17. The van der Waals surface area contributed by atoms with Crippen LogP contribution in [-0.4, -0.2) is 43.6 Å². The van der Waals surface area contributed by atoms with Gasteiger partial charge in [0.05, 0.1) is 6.04 Å². The summed E-state index contributed by atoms with van der Waals surface area (Å²) in [6.45, 7) is 14.1. The van der Waals surface area contributed by atoms with Crippen molar-refractivity contribution in [2.45, 2.75) is 57.6 Å². The van der Waals surface area contributed by atoms with E-state index >= 15 is 0 Å². The first-order valence-electron chi connectivity index (χ1n) is 12.7. The molecular formula is C30H38N2O5. The highest BCUT2D eigenvalue weighted by molar-refractivity contribution is 5.79. The quantitative estimate of drug-likeness (QED) is 0.200. The molecular weight excluding hydrogens is 468 g/mol. The smallest absolute Gasteiger partial charge is 0.407 e. The first kappa shape index (κ1) is 27.8. The van der Waals surface area contributed by atoms with Gasteiger partial charge in [0.25, 0.3) is 0 Å². The lowest BCUT2D eigenvalue weighted by atomic mass is 9.98. The summed E-state index contributed by atoms with van der Waals surface area (Å²) in [4.78, 5) is 24.6. The summed E-state index contributed by atoms with van der Waals surface area (Å²) < 4.78 is 16.5. The predicted octanol–water partition coefficient (Wildman–Crippen LogP) is 6.31. The number of fused-ring (bicyclic) bond motifs is 3. The van der Waals surface area contributed by atoms with Crippen molar-refractivity contribution in [3.05, 3.63) is 84.7 Å². The predicted molar refractivity (Wildman–Crippen MR) is 145 cm³/mol. The van der Waals surface area contributed by atoms with Gasteiger partial charge in [-0.3, -0.25) is 0 Å². The third-order valence-corrected chi connectivity index (χ3v) is 6.00. The molecule has 1 aliphatic carbocycles. The summed E-state index contributed by atoms with van der Waals surface area (Å²) in [5.74, 6) is 0.421. The Hall–Kier alpha value is -3.74. The summed E-state index contributed by atoms with van der Waals surface area (Å²) in [5, 5.41) is 5.64. The lowest BCUT2D eigenvalue weighted by molar-refractivity contribution is 0.0527. The van der Waals surface area contributed by atoms with Gasteiger partial charge in [-0.05, 0) is 62.3 Å². The van der Waals surface area contributed by atoms with Crippen LogP contribution in [0.15, 0.2) is 73.5 Å². The number of hydrogen-bond donors (Lipinski definition) is 2. The average molecular weight is 507 g/mol. The zero-order chi connectivity index (χ0) is 26.8. The molecule has 2 aromatic rings. The Kier molecular flexibility index (Phi) is 9.78. The van der Waals surface area contributed by atoms with Crippen molar-refractivity contribution in [1.29, 1.82) is 0 Å². The molecule has 0 aromatic heterocycles. The van der Waals surface area contributed by atoms with E-state index in [2.05, 4.69) is 48.1 Å². The van der Waals surface area contributed by atoms with Gasteiger partial charge < -0.3 is 24.8 Å². The molecule has 198 valence electrons. The minimum Gasteiger partial charge on any atom is -0.492 e. The second-order valence-corrected chi connectivity index (χ2v) is 10.0. The van der Waals surface area contributed by atoms with Crippen molar-refractivity contribution in [3.63, 3.8) is 0 Å². The van der Waals surface area contributed by atoms with Gasteiger partial charge in [0.15, 0.2) is 0 Å². The maximum absolute atomic E-state index is 12.8. The van der Waals surface area contributed by atoms with E-state index in [0.717, 1.165) is 17.5 Å². The van der Waals surface area contributed by atoms with Crippen LogP contribution in [0.4, 0.5) is 9.59 Å². The second-order valence-electron chi connectivity index (χ2n) is 10.0. The Morgan fingerprint density at radius 1 is 0.973 bits per heavy atom. The number of ether oxygens (including phenoxy) is 3. The Balaban J connectivity index is 1.52. The largest absolute Gasteiger partial charge is 0.492 e. The van der Waals surface area contributed by atoms with Crippen molar-refractivity contribution < 1.29 is 23.8 Å². The third-order valence-electron chi connectivity index (χ3n) is 6.00. The van der Waals surface area contributed by atoms with Crippen LogP contribution >= 0.6 is 0 Å². The summed E-state index contributed by atoms with van der Waals surface area (Å²) in [5.41, 5.74) is 4.13. The van der Waals surface area contributed by atoms with Crippen LogP contribution in [0, 0.1) is 0 Å². The van der Waals surface area contributed by atoms with Gasteiger partial charge in [-0.1, -0.05) is 67.8 Å². The number of unbranched alkanes of at least 4 members (excludes halogenated alkanes) is 1. The van der Waals surface area contributed by atoms with E-state index in [-0.39, 0.29) is 12.5 Å². The zero-order valence-corrected chi connectivity index (χ0v) is 22.0. The molecule has 7 nitrogen and oxygen atoms in total. The number of rotatable bonds is 12. The molecule has 0 radical (unpaired) electrons. The maximum Gasteiger partial charge on any atom is 0.407 e. The normalized spacial score (nSPS) is 13.1. The van der Waals surface area contributed by atoms with Gasteiger partial charge >= 0.3 is 12.2 Å². The summed E-state index contributed by atoms with van der Waals surface area (Å²) in [6, 6.07) is 16.0. The van der Waals surface area contributed by atoms with Gasteiger partial charge in [0.2, 0.25) is 0 Å². The highest BCUT2D eigenvalue weighted by Gasteiger charge is 2.29.